The number of rotatable bonds is 3. The van der Waals surface area contributed by atoms with Crippen LogP contribution in [-0.4, -0.2) is 27.8 Å². The lowest BCUT2D eigenvalue weighted by Gasteiger charge is -2.22. The summed E-state index contributed by atoms with van der Waals surface area (Å²) in [6.45, 7) is 2.97. The number of carbonyl (C=O) groups excluding carboxylic acids is 1. The number of aliphatic carboxylic acids is 1. The first-order chi connectivity index (χ1) is 8.40. The summed E-state index contributed by atoms with van der Waals surface area (Å²) >= 11 is 1.49. The molecule has 1 atom stereocenters. The van der Waals surface area contributed by atoms with Crippen molar-refractivity contribution in [3.63, 3.8) is 0 Å². The second kappa shape index (κ2) is 4.65. The second-order valence-corrected chi connectivity index (χ2v) is 6.08. The zero-order chi connectivity index (χ0) is 13.3. The van der Waals surface area contributed by atoms with Gasteiger partial charge in [0, 0.05) is 4.90 Å². The van der Waals surface area contributed by atoms with Crippen LogP contribution in [-0.2, 0) is 16.0 Å². The number of hydrogen-bond donors (Lipinski definition) is 2. The van der Waals surface area contributed by atoms with E-state index in [4.69, 9.17) is 5.11 Å². The molecule has 0 bridgehead atoms. The lowest BCUT2D eigenvalue weighted by molar-refractivity contribution is -0.145. The summed E-state index contributed by atoms with van der Waals surface area (Å²) in [6.07, 6.45) is 0.655. The highest BCUT2D eigenvalue weighted by Crippen LogP contribution is 2.36. The van der Waals surface area contributed by atoms with Gasteiger partial charge in [0.15, 0.2) is 0 Å². The van der Waals surface area contributed by atoms with Gasteiger partial charge in [-0.2, -0.15) is 0 Å². The Morgan fingerprint density at radius 3 is 2.67 bits per heavy atom. The summed E-state index contributed by atoms with van der Waals surface area (Å²) < 4.78 is 0. The number of nitrogens with one attached hydrogen (secondary N) is 1. The van der Waals surface area contributed by atoms with Gasteiger partial charge in [-0.05, 0) is 31.9 Å². The van der Waals surface area contributed by atoms with Gasteiger partial charge in [0.2, 0.25) is 5.91 Å². The topological polar surface area (TPSA) is 66.4 Å². The van der Waals surface area contributed by atoms with Crippen molar-refractivity contribution in [3.8, 4) is 0 Å². The molecule has 5 heteroatoms. The number of carboxylic acid groups (broad SMARTS) is 1. The summed E-state index contributed by atoms with van der Waals surface area (Å²) in [5, 5.41) is 11.3. The quantitative estimate of drug-likeness (QED) is 0.872. The first-order valence-corrected chi connectivity index (χ1v) is 6.58. The van der Waals surface area contributed by atoms with E-state index in [1.54, 1.807) is 0 Å². The Kier molecular flexibility index (Phi) is 3.34. The minimum Gasteiger partial charge on any atom is -0.480 e. The summed E-state index contributed by atoms with van der Waals surface area (Å²) in [4.78, 5) is 24.1. The van der Waals surface area contributed by atoms with E-state index in [0.717, 1.165) is 10.5 Å². The Morgan fingerprint density at radius 2 is 2.06 bits per heavy atom. The molecule has 0 fully saturated rings. The van der Waals surface area contributed by atoms with E-state index in [2.05, 4.69) is 5.32 Å². The van der Waals surface area contributed by atoms with E-state index >= 15 is 0 Å². The first kappa shape index (κ1) is 13.0. The zero-order valence-electron chi connectivity index (χ0n) is 10.3. The lowest BCUT2D eigenvalue weighted by atomic mass is 10.0. The molecule has 1 aliphatic heterocycles. The molecule has 1 aromatic rings. The molecular formula is C13H15NO3S. The van der Waals surface area contributed by atoms with Crippen LogP contribution in [0.4, 0.5) is 0 Å². The Hall–Kier alpha value is -1.49. The molecule has 1 amide bonds. The van der Waals surface area contributed by atoms with E-state index in [0.29, 0.717) is 6.42 Å². The Morgan fingerprint density at radius 1 is 1.39 bits per heavy atom. The number of fused-ring (bicyclic) bond motifs is 1. The van der Waals surface area contributed by atoms with Gasteiger partial charge in [0.1, 0.15) is 5.54 Å². The van der Waals surface area contributed by atoms with Gasteiger partial charge < -0.3 is 10.4 Å². The van der Waals surface area contributed by atoms with Crippen molar-refractivity contribution >= 4 is 23.6 Å². The van der Waals surface area contributed by atoms with Crippen molar-refractivity contribution in [2.24, 2.45) is 0 Å². The van der Waals surface area contributed by atoms with Crippen molar-refractivity contribution < 1.29 is 14.7 Å². The highest BCUT2D eigenvalue weighted by atomic mass is 32.2. The standard InChI is InChI=1S/C13H15NO3S/c1-13(2,12(16)17)14-11(15)10-7-8-5-3-4-6-9(8)18-10/h3-6,10H,7H2,1-2H3,(H,14,15)(H,16,17). The summed E-state index contributed by atoms with van der Waals surface area (Å²) in [5.41, 5.74) is -0.0809. The average Bonchev–Trinajstić information content (AvgIpc) is 2.71. The highest BCUT2D eigenvalue weighted by Gasteiger charge is 2.34. The van der Waals surface area contributed by atoms with Gasteiger partial charge in [-0.3, -0.25) is 4.79 Å². The van der Waals surface area contributed by atoms with Gasteiger partial charge >= 0.3 is 5.97 Å². The Balaban J connectivity index is 2.04. The molecule has 1 aliphatic rings. The predicted octanol–water partition coefficient (Wildman–Crippen LogP) is 1.68. The van der Waals surface area contributed by atoms with Crippen LogP contribution in [0, 0.1) is 0 Å². The van der Waals surface area contributed by atoms with E-state index in [1.165, 1.54) is 25.6 Å². The molecule has 0 saturated heterocycles. The van der Waals surface area contributed by atoms with Crippen LogP contribution in [0.3, 0.4) is 0 Å². The van der Waals surface area contributed by atoms with Gasteiger partial charge in [-0.1, -0.05) is 18.2 Å². The molecule has 1 aromatic carbocycles. The first-order valence-electron chi connectivity index (χ1n) is 5.70. The third-order valence-electron chi connectivity index (χ3n) is 2.91. The molecular weight excluding hydrogens is 250 g/mol. The minimum atomic E-state index is -1.23. The van der Waals surface area contributed by atoms with Crippen LogP contribution in [0.2, 0.25) is 0 Å². The molecule has 1 unspecified atom stereocenters. The van der Waals surface area contributed by atoms with Crippen LogP contribution >= 0.6 is 11.8 Å². The molecule has 0 radical (unpaired) electrons. The average molecular weight is 265 g/mol. The molecule has 0 aromatic heterocycles. The SMILES string of the molecule is CC(C)(NC(=O)C1Cc2ccccc2S1)C(=O)O. The predicted molar refractivity (Wildman–Crippen MR) is 69.6 cm³/mol. The maximum absolute atomic E-state index is 12.0. The van der Waals surface area contributed by atoms with Crippen molar-refractivity contribution in [3.05, 3.63) is 29.8 Å². The van der Waals surface area contributed by atoms with Crippen molar-refractivity contribution in [2.75, 3.05) is 0 Å². The maximum atomic E-state index is 12.0. The normalized spacial score (nSPS) is 18.2. The number of carboxylic acids is 1. The van der Waals surface area contributed by atoms with Gasteiger partial charge in [0.25, 0.3) is 0 Å². The molecule has 2 rings (SSSR count). The molecule has 1 heterocycles. The van der Waals surface area contributed by atoms with Crippen molar-refractivity contribution in [1.29, 1.82) is 0 Å². The molecule has 2 N–H and O–H groups in total. The van der Waals surface area contributed by atoms with Crippen LogP contribution in [0.25, 0.3) is 0 Å². The van der Waals surface area contributed by atoms with Gasteiger partial charge in [-0.25, -0.2) is 4.79 Å². The number of benzene rings is 1. The van der Waals surface area contributed by atoms with Crippen LogP contribution in [0.1, 0.15) is 19.4 Å². The fourth-order valence-corrected chi connectivity index (χ4v) is 2.97. The highest BCUT2D eigenvalue weighted by molar-refractivity contribution is 8.01. The van der Waals surface area contributed by atoms with E-state index in [-0.39, 0.29) is 11.2 Å². The van der Waals surface area contributed by atoms with Crippen LogP contribution < -0.4 is 5.32 Å². The van der Waals surface area contributed by atoms with Crippen LogP contribution in [0.5, 0.6) is 0 Å². The van der Waals surface area contributed by atoms with E-state index in [9.17, 15) is 9.59 Å². The largest absolute Gasteiger partial charge is 0.480 e. The molecule has 0 aliphatic carbocycles. The minimum absolute atomic E-state index is 0.219. The van der Waals surface area contributed by atoms with Crippen molar-refractivity contribution in [2.45, 2.75) is 36.0 Å². The molecule has 4 nitrogen and oxygen atoms in total. The molecule has 0 saturated carbocycles. The molecule has 0 spiro atoms. The summed E-state index contributed by atoms with van der Waals surface area (Å²) in [6, 6.07) is 7.86. The lowest BCUT2D eigenvalue weighted by Crippen LogP contribution is -2.52. The third kappa shape index (κ3) is 2.51. The van der Waals surface area contributed by atoms with Gasteiger partial charge in [0.05, 0.1) is 5.25 Å². The fourth-order valence-electron chi connectivity index (χ4n) is 1.77. The van der Waals surface area contributed by atoms with Crippen molar-refractivity contribution in [1.82, 2.24) is 5.32 Å². The number of thioether (sulfide) groups is 1. The third-order valence-corrected chi connectivity index (χ3v) is 4.23. The summed E-state index contributed by atoms with van der Waals surface area (Å²) in [5.74, 6) is -1.25. The van der Waals surface area contributed by atoms with Gasteiger partial charge in [-0.15, -0.1) is 11.8 Å². The fraction of sp³-hybridized carbons (Fsp3) is 0.385. The Labute approximate surface area is 110 Å². The van der Waals surface area contributed by atoms with E-state index < -0.39 is 11.5 Å². The maximum Gasteiger partial charge on any atom is 0.328 e. The molecule has 18 heavy (non-hydrogen) atoms. The zero-order valence-corrected chi connectivity index (χ0v) is 11.1. The van der Waals surface area contributed by atoms with Crippen LogP contribution in [0.15, 0.2) is 29.2 Å². The summed E-state index contributed by atoms with van der Waals surface area (Å²) in [7, 11) is 0. The second-order valence-electron chi connectivity index (χ2n) is 4.84. The Bertz CT molecular complexity index is 474. The van der Waals surface area contributed by atoms with E-state index in [1.807, 2.05) is 24.3 Å². The number of carbonyl (C=O) groups is 2. The molecule has 96 valence electrons. The smallest absolute Gasteiger partial charge is 0.328 e. The monoisotopic (exact) mass is 265 g/mol. The number of hydrogen-bond acceptors (Lipinski definition) is 3. The number of amides is 1.